The van der Waals surface area contributed by atoms with Gasteiger partial charge in [0.25, 0.3) is 5.91 Å². The predicted molar refractivity (Wildman–Crippen MR) is 110 cm³/mol. The molecule has 0 aromatic heterocycles. The monoisotopic (exact) mass is 392 g/mol. The van der Waals surface area contributed by atoms with E-state index in [9.17, 15) is 14.4 Å². The molecule has 6 nitrogen and oxygen atoms in total. The van der Waals surface area contributed by atoms with Crippen molar-refractivity contribution in [1.29, 1.82) is 0 Å². The molecule has 0 saturated heterocycles. The zero-order valence-electron chi connectivity index (χ0n) is 16.5. The van der Waals surface area contributed by atoms with Crippen LogP contribution in [-0.4, -0.2) is 17.8 Å². The van der Waals surface area contributed by atoms with Gasteiger partial charge >= 0.3 is 5.97 Å². The topological polar surface area (TPSA) is 84.5 Å². The average molecular weight is 392 g/mol. The molecular formula is C23H24N2O4. The van der Waals surface area contributed by atoms with Crippen LogP contribution in [0, 0.1) is 5.92 Å². The highest BCUT2D eigenvalue weighted by Gasteiger charge is 2.23. The van der Waals surface area contributed by atoms with Crippen molar-refractivity contribution in [3.8, 4) is 5.75 Å². The predicted octanol–water partition coefficient (Wildman–Crippen LogP) is 3.84. The first kappa shape index (κ1) is 20.3. The summed E-state index contributed by atoms with van der Waals surface area (Å²) < 4.78 is 5.00. The number of hydrogen-bond acceptors (Lipinski definition) is 4. The van der Waals surface area contributed by atoms with Gasteiger partial charge in [-0.25, -0.2) is 0 Å². The highest BCUT2D eigenvalue weighted by atomic mass is 16.5. The number of rotatable bonds is 7. The van der Waals surface area contributed by atoms with Gasteiger partial charge in [-0.1, -0.05) is 23.8 Å². The molecule has 29 heavy (non-hydrogen) atoms. The Hall–Kier alpha value is -3.41. The van der Waals surface area contributed by atoms with Crippen molar-refractivity contribution >= 4 is 23.5 Å². The summed E-state index contributed by atoms with van der Waals surface area (Å²) in [4.78, 5) is 35.6. The van der Waals surface area contributed by atoms with Gasteiger partial charge in [-0.3, -0.25) is 14.4 Å². The molecule has 6 heteroatoms. The third kappa shape index (κ3) is 6.31. The molecule has 0 spiro atoms. The number of allylic oxidation sites excluding steroid dienone is 1. The molecule has 2 N–H and O–H groups in total. The molecule has 0 radical (unpaired) electrons. The van der Waals surface area contributed by atoms with E-state index < -0.39 is 5.97 Å². The molecule has 150 valence electrons. The Morgan fingerprint density at radius 2 is 1.83 bits per heavy atom. The SMILES string of the molecule is CC(=O)Oc1cccc(C(=O)NCc2cccc(NC(=O)/C=C(\C)C3CC3)c2)c1. The molecule has 2 aromatic rings. The van der Waals surface area contributed by atoms with Crippen molar-refractivity contribution in [2.24, 2.45) is 5.92 Å². The van der Waals surface area contributed by atoms with Crippen molar-refractivity contribution in [3.63, 3.8) is 0 Å². The lowest BCUT2D eigenvalue weighted by atomic mass is 10.1. The number of esters is 1. The van der Waals surface area contributed by atoms with Crippen molar-refractivity contribution in [1.82, 2.24) is 5.32 Å². The molecule has 0 atom stereocenters. The standard InChI is InChI=1S/C23H24N2O4/c1-15(18-9-10-18)11-22(27)25-20-7-3-5-17(12-20)14-24-23(28)19-6-4-8-21(13-19)29-16(2)26/h3-8,11-13,18H,9-10,14H2,1-2H3,(H,24,28)(H,25,27)/b15-11+. The lowest BCUT2D eigenvalue weighted by molar-refractivity contribution is -0.131. The number of anilines is 1. The molecule has 0 heterocycles. The molecule has 0 bridgehead atoms. The van der Waals surface area contributed by atoms with Crippen molar-refractivity contribution in [2.45, 2.75) is 33.2 Å². The van der Waals surface area contributed by atoms with Gasteiger partial charge in [0.2, 0.25) is 5.91 Å². The Kier molecular flexibility index (Phi) is 6.44. The first-order valence-corrected chi connectivity index (χ1v) is 9.55. The van der Waals surface area contributed by atoms with E-state index in [0.29, 0.717) is 29.5 Å². The van der Waals surface area contributed by atoms with Gasteiger partial charge < -0.3 is 15.4 Å². The summed E-state index contributed by atoms with van der Waals surface area (Å²) in [6.07, 6.45) is 3.98. The molecule has 2 aromatic carbocycles. The maximum absolute atomic E-state index is 12.4. The first-order chi connectivity index (χ1) is 13.9. The van der Waals surface area contributed by atoms with Gasteiger partial charge in [-0.05, 0) is 61.6 Å². The minimum absolute atomic E-state index is 0.141. The van der Waals surface area contributed by atoms with Crippen LogP contribution in [-0.2, 0) is 16.1 Å². The van der Waals surface area contributed by atoms with Crippen LogP contribution in [0.1, 0.15) is 42.6 Å². The molecule has 1 fully saturated rings. The van der Waals surface area contributed by atoms with E-state index in [0.717, 1.165) is 24.0 Å². The third-order valence-electron chi connectivity index (χ3n) is 4.59. The maximum Gasteiger partial charge on any atom is 0.308 e. The first-order valence-electron chi connectivity index (χ1n) is 9.55. The Labute approximate surface area is 170 Å². The summed E-state index contributed by atoms with van der Waals surface area (Å²) >= 11 is 0. The lowest BCUT2D eigenvalue weighted by Gasteiger charge is -2.09. The summed E-state index contributed by atoms with van der Waals surface area (Å²) in [5, 5.41) is 5.69. The molecule has 0 aliphatic heterocycles. The summed E-state index contributed by atoms with van der Waals surface area (Å²) in [6, 6.07) is 13.8. The second-order valence-corrected chi connectivity index (χ2v) is 7.16. The second-order valence-electron chi connectivity index (χ2n) is 7.16. The van der Waals surface area contributed by atoms with Crippen LogP contribution < -0.4 is 15.4 Å². The molecule has 1 saturated carbocycles. The second kappa shape index (κ2) is 9.19. The van der Waals surface area contributed by atoms with Gasteiger partial charge in [0.05, 0.1) is 0 Å². The Bertz CT molecular complexity index is 961. The van der Waals surface area contributed by atoms with E-state index in [1.807, 2.05) is 31.2 Å². The Balaban J connectivity index is 1.57. The minimum atomic E-state index is -0.441. The quantitative estimate of drug-likeness (QED) is 0.426. The minimum Gasteiger partial charge on any atom is -0.427 e. The zero-order valence-corrected chi connectivity index (χ0v) is 16.5. The number of benzene rings is 2. The number of ether oxygens (including phenoxy) is 1. The van der Waals surface area contributed by atoms with E-state index in [1.165, 1.54) is 13.0 Å². The lowest BCUT2D eigenvalue weighted by Crippen LogP contribution is -2.23. The van der Waals surface area contributed by atoms with E-state index in [1.54, 1.807) is 24.3 Å². The van der Waals surface area contributed by atoms with E-state index in [2.05, 4.69) is 10.6 Å². The number of nitrogens with one attached hydrogen (secondary N) is 2. The molecule has 3 rings (SSSR count). The largest absolute Gasteiger partial charge is 0.427 e. The number of carbonyl (C=O) groups is 3. The molecule has 1 aliphatic carbocycles. The van der Waals surface area contributed by atoms with E-state index in [4.69, 9.17) is 4.74 Å². The number of hydrogen-bond donors (Lipinski definition) is 2. The summed E-state index contributed by atoms with van der Waals surface area (Å²) in [7, 11) is 0. The van der Waals surface area contributed by atoms with Crippen LogP contribution in [0.2, 0.25) is 0 Å². The van der Waals surface area contributed by atoms with Crippen molar-refractivity contribution < 1.29 is 19.1 Å². The van der Waals surface area contributed by atoms with Crippen molar-refractivity contribution in [3.05, 3.63) is 71.3 Å². The Morgan fingerprint density at radius 3 is 2.55 bits per heavy atom. The normalized spacial score (nSPS) is 13.5. The average Bonchev–Trinajstić information content (AvgIpc) is 3.51. The van der Waals surface area contributed by atoms with Gasteiger partial charge in [-0.15, -0.1) is 0 Å². The fraction of sp³-hybridized carbons (Fsp3) is 0.261. The fourth-order valence-corrected chi connectivity index (χ4v) is 2.95. The highest BCUT2D eigenvalue weighted by Crippen LogP contribution is 2.35. The smallest absolute Gasteiger partial charge is 0.308 e. The summed E-state index contributed by atoms with van der Waals surface area (Å²) in [6.45, 7) is 3.60. The molecule has 1 aliphatic rings. The van der Waals surface area contributed by atoms with Crippen LogP contribution in [0.15, 0.2) is 60.2 Å². The Morgan fingerprint density at radius 1 is 1.07 bits per heavy atom. The van der Waals surface area contributed by atoms with E-state index >= 15 is 0 Å². The molecular weight excluding hydrogens is 368 g/mol. The maximum atomic E-state index is 12.4. The molecule has 2 amide bonds. The molecule has 0 unspecified atom stereocenters. The van der Waals surface area contributed by atoms with Gasteiger partial charge in [0.1, 0.15) is 5.75 Å². The highest BCUT2D eigenvalue weighted by molar-refractivity contribution is 5.99. The van der Waals surface area contributed by atoms with E-state index in [-0.39, 0.29) is 11.8 Å². The van der Waals surface area contributed by atoms with Crippen molar-refractivity contribution in [2.75, 3.05) is 5.32 Å². The number of amides is 2. The number of carbonyl (C=O) groups excluding carboxylic acids is 3. The van der Waals surface area contributed by atoms with Gasteiger partial charge in [0.15, 0.2) is 0 Å². The summed E-state index contributed by atoms with van der Waals surface area (Å²) in [5.74, 6) is 0.0175. The third-order valence-corrected chi connectivity index (χ3v) is 4.59. The van der Waals surface area contributed by atoms with Gasteiger partial charge in [0, 0.05) is 30.8 Å². The fourth-order valence-electron chi connectivity index (χ4n) is 2.95. The summed E-state index contributed by atoms with van der Waals surface area (Å²) in [5.41, 5.74) is 3.05. The van der Waals surface area contributed by atoms with Crippen LogP contribution in [0.25, 0.3) is 0 Å². The van der Waals surface area contributed by atoms with Crippen LogP contribution in [0.5, 0.6) is 5.75 Å². The van der Waals surface area contributed by atoms with Crippen LogP contribution in [0.3, 0.4) is 0 Å². The van der Waals surface area contributed by atoms with Crippen LogP contribution >= 0.6 is 0 Å². The van der Waals surface area contributed by atoms with Crippen LogP contribution in [0.4, 0.5) is 5.69 Å². The van der Waals surface area contributed by atoms with Gasteiger partial charge in [-0.2, -0.15) is 0 Å². The zero-order chi connectivity index (χ0) is 20.8.